The van der Waals surface area contributed by atoms with E-state index in [1.54, 1.807) is 0 Å². The third-order valence-corrected chi connectivity index (χ3v) is 3.00. The molecule has 2 rings (SSSR count). The van der Waals surface area contributed by atoms with Crippen molar-refractivity contribution in [2.24, 2.45) is 0 Å². The predicted octanol–water partition coefficient (Wildman–Crippen LogP) is 2.49. The van der Waals surface area contributed by atoms with Crippen molar-refractivity contribution in [2.75, 3.05) is 0 Å². The lowest BCUT2D eigenvalue weighted by Gasteiger charge is -2.00. The highest BCUT2D eigenvalue weighted by Gasteiger charge is 2.24. The molecule has 0 saturated heterocycles. The van der Waals surface area contributed by atoms with Gasteiger partial charge in [-0.15, -0.1) is 0 Å². The Morgan fingerprint density at radius 2 is 2.07 bits per heavy atom. The van der Waals surface area contributed by atoms with E-state index >= 15 is 0 Å². The molecular formula is C9H6BrNO3. The maximum atomic E-state index is 11.3. The number of rotatable bonds is 1. The first-order valence-electron chi connectivity index (χ1n) is 4.09. The maximum absolute atomic E-state index is 11.3. The fourth-order valence-electron chi connectivity index (χ4n) is 1.60. The van der Waals surface area contributed by atoms with Crippen LogP contribution in [0.4, 0.5) is 5.69 Å². The highest BCUT2D eigenvalue weighted by Crippen LogP contribution is 2.32. The average Bonchev–Trinajstić information content (AvgIpc) is 2.48. The van der Waals surface area contributed by atoms with Crippen LogP contribution in [0, 0.1) is 10.1 Å². The van der Waals surface area contributed by atoms with Gasteiger partial charge in [0.25, 0.3) is 5.69 Å². The summed E-state index contributed by atoms with van der Waals surface area (Å²) in [5.74, 6) is -0.00981. The minimum absolute atomic E-state index is 0.00981. The first-order valence-corrected chi connectivity index (χ1v) is 4.89. The number of halogens is 1. The lowest BCUT2D eigenvalue weighted by molar-refractivity contribution is -0.385. The molecule has 0 heterocycles. The molecule has 1 aromatic rings. The van der Waals surface area contributed by atoms with Crippen LogP contribution < -0.4 is 0 Å². The Labute approximate surface area is 88.2 Å². The summed E-state index contributed by atoms with van der Waals surface area (Å²) in [6, 6.07) is 2.80. The van der Waals surface area contributed by atoms with Crippen LogP contribution in [0.15, 0.2) is 16.6 Å². The van der Waals surface area contributed by atoms with E-state index in [1.807, 2.05) is 0 Å². The number of nitro groups is 1. The van der Waals surface area contributed by atoms with Gasteiger partial charge in [-0.2, -0.15) is 0 Å². The number of ketones is 1. The second-order valence-corrected chi connectivity index (χ2v) is 3.99. The second kappa shape index (κ2) is 3.16. The Morgan fingerprint density at radius 1 is 1.36 bits per heavy atom. The van der Waals surface area contributed by atoms with Gasteiger partial charge in [0.05, 0.1) is 4.92 Å². The summed E-state index contributed by atoms with van der Waals surface area (Å²) in [4.78, 5) is 21.4. The number of hydrogen-bond acceptors (Lipinski definition) is 3. The van der Waals surface area contributed by atoms with Crippen molar-refractivity contribution in [1.29, 1.82) is 0 Å². The molecule has 72 valence electrons. The molecule has 0 saturated carbocycles. The molecule has 0 unspecified atom stereocenters. The Balaban J connectivity index is 2.64. The molecule has 0 atom stereocenters. The standard InChI is InChI=1S/C9H6BrNO3/c10-8-4-5(11(13)14)3-7-6(8)1-2-9(7)12/h3-4H,1-2H2. The zero-order chi connectivity index (χ0) is 10.3. The van der Waals surface area contributed by atoms with Gasteiger partial charge in [0.2, 0.25) is 0 Å². The van der Waals surface area contributed by atoms with Crippen molar-refractivity contribution in [3.05, 3.63) is 37.8 Å². The predicted molar refractivity (Wildman–Crippen MR) is 53.4 cm³/mol. The van der Waals surface area contributed by atoms with Crippen LogP contribution in [0.2, 0.25) is 0 Å². The summed E-state index contributed by atoms with van der Waals surface area (Å²) in [5.41, 5.74) is 1.34. The van der Waals surface area contributed by atoms with Crippen LogP contribution in [-0.4, -0.2) is 10.7 Å². The van der Waals surface area contributed by atoms with Gasteiger partial charge in [0.1, 0.15) is 0 Å². The number of Topliss-reactive ketones (excluding diaryl/α,β-unsaturated/α-hetero) is 1. The minimum Gasteiger partial charge on any atom is -0.294 e. The molecule has 1 aliphatic rings. The van der Waals surface area contributed by atoms with Gasteiger partial charge in [-0.25, -0.2) is 0 Å². The van der Waals surface area contributed by atoms with Crippen LogP contribution in [0.5, 0.6) is 0 Å². The highest BCUT2D eigenvalue weighted by molar-refractivity contribution is 9.10. The van der Waals surface area contributed by atoms with Crippen molar-refractivity contribution in [2.45, 2.75) is 12.8 Å². The summed E-state index contributed by atoms with van der Waals surface area (Å²) < 4.78 is 0.660. The van der Waals surface area contributed by atoms with Gasteiger partial charge < -0.3 is 0 Å². The average molecular weight is 256 g/mol. The quantitative estimate of drug-likeness (QED) is 0.572. The van der Waals surface area contributed by atoms with Crippen molar-refractivity contribution in [3.8, 4) is 0 Å². The monoisotopic (exact) mass is 255 g/mol. The fourth-order valence-corrected chi connectivity index (χ4v) is 2.25. The van der Waals surface area contributed by atoms with Gasteiger partial charge in [-0.05, 0) is 12.0 Å². The molecule has 0 bridgehead atoms. The molecule has 0 aliphatic heterocycles. The second-order valence-electron chi connectivity index (χ2n) is 3.13. The Kier molecular flexibility index (Phi) is 2.11. The molecule has 4 nitrogen and oxygen atoms in total. The van der Waals surface area contributed by atoms with Gasteiger partial charge in [-0.1, -0.05) is 15.9 Å². The third kappa shape index (κ3) is 1.33. The molecular weight excluding hydrogens is 250 g/mol. The smallest absolute Gasteiger partial charge is 0.271 e. The summed E-state index contributed by atoms with van der Waals surface area (Å²) in [7, 11) is 0. The molecule has 0 spiro atoms. The molecule has 0 N–H and O–H groups in total. The molecule has 0 aromatic heterocycles. The number of carbonyl (C=O) groups excluding carboxylic acids is 1. The van der Waals surface area contributed by atoms with Gasteiger partial charge in [0, 0.05) is 28.6 Å². The van der Waals surface area contributed by atoms with Crippen molar-refractivity contribution >= 4 is 27.4 Å². The summed E-state index contributed by atoms with van der Waals surface area (Å²) >= 11 is 3.24. The topological polar surface area (TPSA) is 60.2 Å². The number of non-ortho nitro benzene ring substituents is 1. The molecule has 1 aliphatic carbocycles. The lowest BCUT2D eigenvalue weighted by Crippen LogP contribution is -1.95. The zero-order valence-corrected chi connectivity index (χ0v) is 8.70. The minimum atomic E-state index is -0.489. The third-order valence-electron chi connectivity index (χ3n) is 2.29. The normalized spacial score (nSPS) is 14.2. The SMILES string of the molecule is O=C1CCc2c(Br)cc([N+](=O)[O-])cc21. The molecule has 0 fully saturated rings. The maximum Gasteiger partial charge on any atom is 0.271 e. The van der Waals surface area contributed by atoms with E-state index in [9.17, 15) is 14.9 Å². The number of nitrogens with zero attached hydrogens (tertiary/aromatic N) is 1. The van der Waals surface area contributed by atoms with E-state index in [1.165, 1.54) is 12.1 Å². The van der Waals surface area contributed by atoms with Gasteiger partial charge >= 0.3 is 0 Å². The van der Waals surface area contributed by atoms with Crippen LogP contribution in [0.25, 0.3) is 0 Å². The molecule has 14 heavy (non-hydrogen) atoms. The number of hydrogen-bond donors (Lipinski definition) is 0. The number of fused-ring (bicyclic) bond motifs is 1. The fraction of sp³-hybridized carbons (Fsp3) is 0.222. The van der Waals surface area contributed by atoms with Crippen molar-refractivity contribution in [3.63, 3.8) is 0 Å². The largest absolute Gasteiger partial charge is 0.294 e. The summed E-state index contributed by atoms with van der Waals surface area (Å²) in [6.07, 6.45) is 1.13. The van der Waals surface area contributed by atoms with Gasteiger partial charge in [-0.3, -0.25) is 14.9 Å². The van der Waals surface area contributed by atoms with Crippen LogP contribution in [-0.2, 0) is 6.42 Å². The van der Waals surface area contributed by atoms with E-state index in [2.05, 4.69) is 15.9 Å². The van der Waals surface area contributed by atoms with E-state index in [0.717, 1.165) is 5.56 Å². The molecule has 1 aromatic carbocycles. The summed E-state index contributed by atoms with van der Waals surface area (Å²) in [5, 5.41) is 10.5. The van der Waals surface area contributed by atoms with Crippen molar-refractivity contribution in [1.82, 2.24) is 0 Å². The Bertz CT molecular complexity index is 442. The number of nitro benzene ring substituents is 1. The van der Waals surface area contributed by atoms with Crippen LogP contribution in [0.1, 0.15) is 22.3 Å². The molecule has 5 heteroatoms. The van der Waals surface area contributed by atoms with E-state index in [-0.39, 0.29) is 11.5 Å². The first kappa shape index (κ1) is 9.33. The molecule has 0 amide bonds. The van der Waals surface area contributed by atoms with Gasteiger partial charge in [0.15, 0.2) is 5.78 Å². The van der Waals surface area contributed by atoms with Crippen LogP contribution in [0.3, 0.4) is 0 Å². The van der Waals surface area contributed by atoms with Crippen molar-refractivity contribution < 1.29 is 9.72 Å². The van der Waals surface area contributed by atoms with E-state index < -0.39 is 4.92 Å². The Morgan fingerprint density at radius 3 is 2.71 bits per heavy atom. The van der Waals surface area contributed by atoms with E-state index in [0.29, 0.717) is 22.9 Å². The number of carbonyl (C=O) groups is 1. The van der Waals surface area contributed by atoms with Crippen LogP contribution >= 0.6 is 15.9 Å². The molecule has 0 radical (unpaired) electrons. The zero-order valence-electron chi connectivity index (χ0n) is 7.12. The first-order chi connectivity index (χ1) is 6.59. The van der Waals surface area contributed by atoms with E-state index in [4.69, 9.17) is 0 Å². The highest BCUT2D eigenvalue weighted by atomic mass is 79.9. The Hall–Kier alpha value is -1.23. The lowest BCUT2D eigenvalue weighted by atomic mass is 10.1. The summed E-state index contributed by atoms with van der Waals surface area (Å²) in [6.45, 7) is 0. The number of benzene rings is 1.